The molecule has 128 valence electrons. The van der Waals surface area contributed by atoms with E-state index in [0.717, 1.165) is 16.7 Å². The Morgan fingerprint density at radius 1 is 1.08 bits per heavy atom. The van der Waals surface area contributed by atoms with Crippen molar-refractivity contribution >= 4 is 17.3 Å². The number of fused-ring (bicyclic) bond motifs is 2. The maximum atomic E-state index is 12.2. The molecule has 1 amide bonds. The minimum atomic E-state index is -0.440. The Bertz CT molecular complexity index is 922. The molecule has 7 heteroatoms. The highest BCUT2D eigenvalue weighted by Gasteiger charge is 2.34. The van der Waals surface area contributed by atoms with Gasteiger partial charge in [-0.1, -0.05) is 6.07 Å². The van der Waals surface area contributed by atoms with Crippen LogP contribution in [0.3, 0.4) is 0 Å². The van der Waals surface area contributed by atoms with Crippen LogP contribution in [0.25, 0.3) is 0 Å². The fraction of sp³-hybridized carbons (Fsp3) is 0.278. The van der Waals surface area contributed by atoms with E-state index in [4.69, 9.17) is 9.47 Å². The molecule has 2 heterocycles. The van der Waals surface area contributed by atoms with Crippen LogP contribution in [0, 0.1) is 24.0 Å². The summed E-state index contributed by atoms with van der Waals surface area (Å²) in [5.41, 5.74) is 4.12. The Morgan fingerprint density at radius 2 is 1.76 bits per heavy atom. The summed E-state index contributed by atoms with van der Waals surface area (Å²) in [6.45, 7) is 3.99. The van der Waals surface area contributed by atoms with Gasteiger partial charge in [0.15, 0.2) is 11.5 Å². The highest BCUT2D eigenvalue weighted by molar-refractivity contribution is 5.95. The summed E-state index contributed by atoms with van der Waals surface area (Å²) in [7, 11) is 0. The summed E-state index contributed by atoms with van der Waals surface area (Å²) in [5.74, 6) is 0.263. The fourth-order valence-corrected chi connectivity index (χ4v) is 3.39. The average molecular weight is 340 g/mol. The van der Waals surface area contributed by atoms with Gasteiger partial charge < -0.3 is 14.8 Å². The minimum Gasteiger partial charge on any atom is -0.454 e. The number of anilines is 1. The third-order valence-electron chi connectivity index (χ3n) is 4.80. The van der Waals surface area contributed by atoms with Gasteiger partial charge in [0.25, 0.3) is 5.69 Å². The standard InChI is InChI=1S/C18H16N2O5/c1-9-3-12-11(6-18(21)19-14(12)4-10(9)2)13-5-16-17(25-8-24-16)7-15(13)20(22)23/h3-5,7,11H,6,8H2,1-2H3,(H,19,21)/t11-/m1/s1. The Morgan fingerprint density at radius 3 is 2.48 bits per heavy atom. The first-order chi connectivity index (χ1) is 11.9. The molecule has 0 unspecified atom stereocenters. The number of benzene rings is 2. The summed E-state index contributed by atoms with van der Waals surface area (Å²) < 4.78 is 10.6. The fourth-order valence-electron chi connectivity index (χ4n) is 3.39. The first kappa shape index (κ1) is 15.4. The zero-order valence-corrected chi connectivity index (χ0v) is 13.8. The van der Waals surface area contributed by atoms with Gasteiger partial charge in [0.2, 0.25) is 12.7 Å². The van der Waals surface area contributed by atoms with Crippen molar-refractivity contribution in [1.82, 2.24) is 0 Å². The monoisotopic (exact) mass is 340 g/mol. The van der Waals surface area contributed by atoms with Crippen LogP contribution in [0.1, 0.15) is 34.6 Å². The Hall–Kier alpha value is -3.09. The molecule has 25 heavy (non-hydrogen) atoms. The molecule has 0 fully saturated rings. The highest BCUT2D eigenvalue weighted by Crippen LogP contribution is 2.46. The second kappa shape index (κ2) is 5.47. The highest BCUT2D eigenvalue weighted by atomic mass is 16.7. The van der Waals surface area contributed by atoms with E-state index >= 15 is 0 Å². The number of hydrogen-bond acceptors (Lipinski definition) is 5. The molecule has 0 radical (unpaired) electrons. The van der Waals surface area contributed by atoms with E-state index in [2.05, 4.69) is 5.32 Å². The smallest absolute Gasteiger partial charge is 0.277 e. The predicted molar refractivity (Wildman–Crippen MR) is 90.2 cm³/mol. The van der Waals surface area contributed by atoms with Crippen molar-refractivity contribution in [3.63, 3.8) is 0 Å². The van der Waals surface area contributed by atoms with E-state index in [-0.39, 0.29) is 24.8 Å². The molecule has 0 bridgehead atoms. The SMILES string of the molecule is Cc1cc2c(cc1C)[C@H](c1cc3c(cc1[N+](=O)[O-])OCO3)CC(=O)N2. The number of aryl methyl sites for hydroxylation is 2. The van der Waals surface area contributed by atoms with Crippen molar-refractivity contribution in [2.75, 3.05) is 12.1 Å². The second-order valence-electron chi connectivity index (χ2n) is 6.35. The molecule has 2 aromatic carbocycles. The van der Waals surface area contributed by atoms with E-state index < -0.39 is 10.8 Å². The molecule has 0 aromatic heterocycles. The number of carbonyl (C=O) groups is 1. The van der Waals surface area contributed by atoms with Crippen molar-refractivity contribution in [2.45, 2.75) is 26.2 Å². The number of nitro benzene ring substituents is 1. The van der Waals surface area contributed by atoms with Crippen LogP contribution in [-0.4, -0.2) is 17.6 Å². The van der Waals surface area contributed by atoms with E-state index in [1.54, 1.807) is 6.07 Å². The van der Waals surface area contributed by atoms with Crippen molar-refractivity contribution in [3.8, 4) is 11.5 Å². The average Bonchev–Trinajstić information content (AvgIpc) is 3.02. The molecule has 1 atom stereocenters. The molecule has 1 N–H and O–H groups in total. The molecule has 0 aliphatic carbocycles. The van der Waals surface area contributed by atoms with E-state index in [1.807, 2.05) is 26.0 Å². The van der Waals surface area contributed by atoms with Crippen LogP contribution in [0.5, 0.6) is 11.5 Å². The van der Waals surface area contributed by atoms with Crippen LogP contribution >= 0.6 is 0 Å². The lowest BCUT2D eigenvalue weighted by Crippen LogP contribution is -2.24. The molecule has 2 aromatic rings. The number of nitrogens with zero attached hydrogens (tertiary/aromatic N) is 1. The second-order valence-corrected chi connectivity index (χ2v) is 6.35. The van der Waals surface area contributed by atoms with Gasteiger partial charge in [-0.25, -0.2) is 0 Å². The van der Waals surface area contributed by atoms with Crippen molar-refractivity contribution < 1.29 is 19.2 Å². The Balaban J connectivity index is 1.92. The summed E-state index contributed by atoms with van der Waals surface area (Å²) in [6, 6.07) is 6.91. The van der Waals surface area contributed by atoms with Gasteiger partial charge in [-0.05, 0) is 42.7 Å². The lowest BCUT2D eigenvalue weighted by atomic mass is 9.82. The van der Waals surface area contributed by atoms with Crippen LogP contribution in [-0.2, 0) is 4.79 Å². The molecule has 4 rings (SSSR count). The van der Waals surface area contributed by atoms with Gasteiger partial charge in [0.1, 0.15) is 0 Å². The molecule has 7 nitrogen and oxygen atoms in total. The molecule has 2 aliphatic rings. The quantitative estimate of drug-likeness (QED) is 0.668. The first-order valence-electron chi connectivity index (χ1n) is 7.93. The van der Waals surface area contributed by atoms with Crippen molar-refractivity contribution in [3.05, 3.63) is 56.6 Å². The van der Waals surface area contributed by atoms with Gasteiger partial charge in [0.05, 0.1) is 11.0 Å². The van der Waals surface area contributed by atoms with E-state index in [0.29, 0.717) is 22.7 Å². The minimum absolute atomic E-state index is 0.0377. The number of ether oxygens (including phenoxy) is 2. The Labute approximate surface area is 143 Å². The lowest BCUT2D eigenvalue weighted by Gasteiger charge is -2.27. The Kier molecular flexibility index (Phi) is 3.38. The molecular weight excluding hydrogens is 324 g/mol. The van der Waals surface area contributed by atoms with Gasteiger partial charge in [-0.2, -0.15) is 0 Å². The number of nitrogens with one attached hydrogen (secondary N) is 1. The summed E-state index contributed by atoms with van der Waals surface area (Å²) in [6.07, 6.45) is 0.149. The molecule has 0 saturated carbocycles. The van der Waals surface area contributed by atoms with Gasteiger partial charge in [0, 0.05) is 23.6 Å². The third kappa shape index (κ3) is 2.48. The van der Waals surface area contributed by atoms with Crippen molar-refractivity contribution in [2.24, 2.45) is 0 Å². The number of nitro groups is 1. The van der Waals surface area contributed by atoms with Gasteiger partial charge >= 0.3 is 0 Å². The molecule has 0 spiro atoms. The van der Waals surface area contributed by atoms with E-state index in [1.165, 1.54) is 6.07 Å². The van der Waals surface area contributed by atoms with Gasteiger partial charge in [-0.15, -0.1) is 0 Å². The number of rotatable bonds is 2. The normalized spacial score (nSPS) is 17.8. The summed E-state index contributed by atoms with van der Waals surface area (Å²) in [4.78, 5) is 23.3. The number of amides is 1. The molecule has 2 aliphatic heterocycles. The number of hydrogen-bond donors (Lipinski definition) is 1. The predicted octanol–water partition coefficient (Wildman–Crippen LogP) is 3.41. The van der Waals surface area contributed by atoms with Crippen molar-refractivity contribution in [1.29, 1.82) is 0 Å². The van der Waals surface area contributed by atoms with Crippen LogP contribution < -0.4 is 14.8 Å². The van der Waals surface area contributed by atoms with Gasteiger partial charge in [-0.3, -0.25) is 14.9 Å². The van der Waals surface area contributed by atoms with Crippen LogP contribution in [0.2, 0.25) is 0 Å². The summed E-state index contributed by atoms with van der Waals surface area (Å²) >= 11 is 0. The topological polar surface area (TPSA) is 90.7 Å². The zero-order valence-electron chi connectivity index (χ0n) is 13.8. The largest absolute Gasteiger partial charge is 0.454 e. The van der Waals surface area contributed by atoms with E-state index in [9.17, 15) is 14.9 Å². The van der Waals surface area contributed by atoms with Crippen LogP contribution in [0.15, 0.2) is 24.3 Å². The summed E-state index contributed by atoms with van der Waals surface area (Å²) in [5, 5.41) is 14.5. The molecular formula is C18H16N2O5. The maximum Gasteiger partial charge on any atom is 0.277 e. The lowest BCUT2D eigenvalue weighted by molar-refractivity contribution is -0.385. The third-order valence-corrected chi connectivity index (χ3v) is 4.80. The first-order valence-corrected chi connectivity index (χ1v) is 7.93. The number of carbonyl (C=O) groups excluding carboxylic acids is 1. The molecule has 0 saturated heterocycles. The zero-order chi connectivity index (χ0) is 17.7. The maximum absolute atomic E-state index is 12.2. The van der Waals surface area contributed by atoms with Crippen LogP contribution in [0.4, 0.5) is 11.4 Å².